The molecular formula is C9H13N5O3S. The van der Waals surface area contributed by atoms with Gasteiger partial charge in [-0.15, -0.1) is 0 Å². The zero-order valence-electron chi connectivity index (χ0n) is 9.67. The van der Waals surface area contributed by atoms with Crippen molar-refractivity contribution < 1.29 is 12.8 Å². The van der Waals surface area contributed by atoms with Crippen molar-refractivity contribution in [3.63, 3.8) is 0 Å². The summed E-state index contributed by atoms with van der Waals surface area (Å²) >= 11 is 0. The summed E-state index contributed by atoms with van der Waals surface area (Å²) in [5, 5.41) is 6.19. The summed E-state index contributed by atoms with van der Waals surface area (Å²) in [5.41, 5.74) is 5.39. The molecule has 0 bridgehead atoms. The molecule has 0 saturated carbocycles. The number of nitrogens with zero attached hydrogens (tertiary/aromatic N) is 2. The average molecular weight is 271 g/mol. The summed E-state index contributed by atoms with van der Waals surface area (Å²) in [6.45, 7) is 1.76. The highest BCUT2D eigenvalue weighted by atomic mass is 32.2. The topological polar surface area (TPSA) is 127 Å². The summed E-state index contributed by atoms with van der Waals surface area (Å²) < 4.78 is 31.6. The number of sulfonamides is 1. The molecule has 0 aliphatic rings. The number of hydrogen-bond acceptors (Lipinski definition) is 6. The van der Waals surface area contributed by atoms with Crippen LogP contribution < -0.4 is 10.5 Å². The van der Waals surface area contributed by atoms with E-state index in [2.05, 4.69) is 19.9 Å². The van der Waals surface area contributed by atoms with Gasteiger partial charge in [0.2, 0.25) is 10.0 Å². The third kappa shape index (κ3) is 2.58. The summed E-state index contributed by atoms with van der Waals surface area (Å²) in [4.78, 5) is 3.91. The maximum atomic E-state index is 12.0. The van der Waals surface area contributed by atoms with Crippen LogP contribution in [0.3, 0.4) is 0 Å². The van der Waals surface area contributed by atoms with Crippen LogP contribution in [-0.2, 0) is 23.1 Å². The van der Waals surface area contributed by atoms with Gasteiger partial charge in [0.05, 0.1) is 13.1 Å². The summed E-state index contributed by atoms with van der Waals surface area (Å²) in [5.74, 6) is 1.16. The molecule has 0 aromatic carbocycles. The zero-order valence-corrected chi connectivity index (χ0v) is 10.5. The molecular weight excluding hydrogens is 258 g/mol. The number of rotatable bonds is 5. The molecule has 2 heterocycles. The van der Waals surface area contributed by atoms with E-state index in [1.165, 1.54) is 12.4 Å². The first-order valence-corrected chi connectivity index (χ1v) is 6.64. The number of nitrogens with one attached hydrogen (secondary N) is 2. The van der Waals surface area contributed by atoms with Crippen LogP contribution in [0.5, 0.6) is 0 Å². The Balaban J connectivity index is 2.17. The number of H-pyrrole nitrogens is 1. The minimum Gasteiger partial charge on any atom is -0.464 e. The molecule has 9 heteroatoms. The molecule has 0 aliphatic carbocycles. The van der Waals surface area contributed by atoms with Gasteiger partial charge in [0.25, 0.3) is 0 Å². The van der Waals surface area contributed by atoms with Gasteiger partial charge in [0.1, 0.15) is 28.6 Å². The summed E-state index contributed by atoms with van der Waals surface area (Å²) in [6, 6.07) is 1.41. The third-order valence-corrected chi connectivity index (χ3v) is 3.82. The molecule has 0 aliphatic heterocycles. The SMILES string of the molecule is Cc1oc(CN)cc1S(=O)(=O)NCc1ncn[nH]1. The summed E-state index contributed by atoms with van der Waals surface area (Å²) in [6.07, 6.45) is 1.30. The number of nitrogens with two attached hydrogens (primary N) is 1. The molecule has 18 heavy (non-hydrogen) atoms. The molecule has 8 nitrogen and oxygen atoms in total. The van der Waals surface area contributed by atoms with E-state index in [9.17, 15) is 8.42 Å². The lowest BCUT2D eigenvalue weighted by molar-refractivity contribution is 0.478. The van der Waals surface area contributed by atoms with Crippen LogP contribution in [0.15, 0.2) is 21.7 Å². The highest BCUT2D eigenvalue weighted by molar-refractivity contribution is 7.89. The fourth-order valence-electron chi connectivity index (χ4n) is 1.45. The molecule has 0 spiro atoms. The highest BCUT2D eigenvalue weighted by Gasteiger charge is 2.21. The Hall–Kier alpha value is -1.71. The molecule has 0 radical (unpaired) electrons. The van der Waals surface area contributed by atoms with Gasteiger partial charge in [-0.05, 0) is 6.92 Å². The first-order chi connectivity index (χ1) is 8.53. The van der Waals surface area contributed by atoms with Gasteiger partial charge < -0.3 is 10.2 Å². The second-order valence-electron chi connectivity index (χ2n) is 3.59. The van der Waals surface area contributed by atoms with E-state index in [4.69, 9.17) is 10.2 Å². The van der Waals surface area contributed by atoms with E-state index >= 15 is 0 Å². The van der Waals surface area contributed by atoms with E-state index in [1.54, 1.807) is 6.92 Å². The predicted octanol–water partition coefficient (Wildman–Crippen LogP) is -0.357. The molecule has 0 saturated heterocycles. The van der Waals surface area contributed by atoms with Gasteiger partial charge in [-0.25, -0.2) is 18.1 Å². The average Bonchev–Trinajstić information content (AvgIpc) is 2.95. The molecule has 0 fully saturated rings. The molecule has 2 rings (SSSR count). The Bertz CT molecular complexity index is 617. The molecule has 0 amide bonds. The van der Waals surface area contributed by atoms with Gasteiger partial charge in [-0.1, -0.05) is 0 Å². The van der Waals surface area contributed by atoms with Gasteiger partial charge in [0, 0.05) is 6.07 Å². The van der Waals surface area contributed by atoms with Gasteiger partial charge in [-0.2, -0.15) is 5.10 Å². The van der Waals surface area contributed by atoms with Crippen LogP contribution in [0.25, 0.3) is 0 Å². The normalized spacial score (nSPS) is 11.9. The van der Waals surface area contributed by atoms with Gasteiger partial charge in [-0.3, -0.25) is 5.10 Å². The first kappa shape index (κ1) is 12.7. The van der Waals surface area contributed by atoms with Crippen LogP contribution in [0.2, 0.25) is 0 Å². The fourth-order valence-corrected chi connectivity index (χ4v) is 2.64. The zero-order chi connectivity index (χ0) is 13.2. The van der Waals surface area contributed by atoms with E-state index < -0.39 is 10.0 Å². The van der Waals surface area contributed by atoms with Gasteiger partial charge >= 0.3 is 0 Å². The monoisotopic (exact) mass is 271 g/mol. The quantitative estimate of drug-likeness (QED) is 0.681. The lowest BCUT2D eigenvalue weighted by Crippen LogP contribution is -2.24. The highest BCUT2D eigenvalue weighted by Crippen LogP contribution is 2.19. The van der Waals surface area contributed by atoms with Crippen molar-refractivity contribution in [1.82, 2.24) is 19.9 Å². The van der Waals surface area contributed by atoms with Crippen molar-refractivity contribution in [2.75, 3.05) is 0 Å². The maximum absolute atomic E-state index is 12.0. The van der Waals surface area contributed by atoms with Crippen molar-refractivity contribution in [2.24, 2.45) is 5.73 Å². The lowest BCUT2D eigenvalue weighted by atomic mass is 10.4. The van der Waals surface area contributed by atoms with E-state index in [0.29, 0.717) is 17.3 Å². The smallest absolute Gasteiger partial charge is 0.244 e. The van der Waals surface area contributed by atoms with Crippen LogP contribution in [0, 0.1) is 6.92 Å². The Morgan fingerprint density at radius 3 is 2.89 bits per heavy atom. The van der Waals surface area contributed by atoms with Crippen molar-refractivity contribution in [2.45, 2.75) is 24.9 Å². The minimum absolute atomic E-state index is 0.0327. The molecule has 2 aromatic rings. The first-order valence-electron chi connectivity index (χ1n) is 5.16. The number of aryl methyl sites for hydroxylation is 1. The summed E-state index contributed by atoms with van der Waals surface area (Å²) in [7, 11) is -3.64. The van der Waals surface area contributed by atoms with Crippen molar-refractivity contribution in [3.05, 3.63) is 29.7 Å². The number of aromatic amines is 1. The Morgan fingerprint density at radius 2 is 2.33 bits per heavy atom. The van der Waals surface area contributed by atoms with Crippen molar-refractivity contribution >= 4 is 10.0 Å². The standard InChI is InChI=1S/C9H13N5O3S/c1-6-8(2-7(3-10)17-6)18(15,16)13-4-9-11-5-12-14-9/h2,5,13H,3-4,10H2,1H3,(H,11,12,14). The largest absolute Gasteiger partial charge is 0.464 e. The predicted molar refractivity (Wildman–Crippen MR) is 61.7 cm³/mol. The molecule has 2 aromatic heterocycles. The second-order valence-corrected chi connectivity index (χ2v) is 5.33. The Labute approximate surface area is 104 Å². The van der Waals surface area contributed by atoms with Crippen LogP contribution in [-0.4, -0.2) is 23.6 Å². The van der Waals surface area contributed by atoms with Crippen LogP contribution >= 0.6 is 0 Å². The minimum atomic E-state index is -3.64. The number of hydrogen-bond donors (Lipinski definition) is 3. The van der Waals surface area contributed by atoms with Crippen LogP contribution in [0.4, 0.5) is 0 Å². The maximum Gasteiger partial charge on any atom is 0.244 e. The van der Waals surface area contributed by atoms with Gasteiger partial charge in [0.15, 0.2) is 0 Å². The molecule has 0 unspecified atom stereocenters. The molecule has 4 N–H and O–H groups in total. The Morgan fingerprint density at radius 1 is 1.56 bits per heavy atom. The van der Waals surface area contributed by atoms with Crippen molar-refractivity contribution in [3.8, 4) is 0 Å². The Kier molecular flexibility index (Phi) is 3.45. The number of furan rings is 1. The third-order valence-electron chi connectivity index (χ3n) is 2.31. The molecule has 98 valence electrons. The van der Waals surface area contributed by atoms with E-state index in [-0.39, 0.29) is 18.0 Å². The van der Waals surface area contributed by atoms with Crippen LogP contribution in [0.1, 0.15) is 17.3 Å². The van der Waals surface area contributed by atoms with E-state index in [0.717, 1.165) is 0 Å². The number of aromatic nitrogens is 3. The lowest BCUT2D eigenvalue weighted by Gasteiger charge is -2.02. The molecule has 0 atom stereocenters. The van der Waals surface area contributed by atoms with E-state index in [1.807, 2.05) is 0 Å². The van der Waals surface area contributed by atoms with Crippen molar-refractivity contribution in [1.29, 1.82) is 0 Å². The second kappa shape index (κ2) is 4.88. The fraction of sp³-hybridized carbons (Fsp3) is 0.333.